The van der Waals surface area contributed by atoms with Crippen LogP contribution in [0.3, 0.4) is 0 Å². The normalized spacial score (nSPS) is 12.9. The summed E-state index contributed by atoms with van der Waals surface area (Å²) in [6, 6.07) is 6.27. The predicted octanol–water partition coefficient (Wildman–Crippen LogP) is 2.24. The number of rotatable bonds is 6. The summed E-state index contributed by atoms with van der Waals surface area (Å²) >= 11 is 0. The first kappa shape index (κ1) is 16.1. The number of nitriles is 1. The molecule has 1 rings (SSSR count). The standard InChI is InChI=1S/C12H14N2O5S/c1-9(2)6-11(8-13)19-20(17,18)12-5-3-4-10(7-12)14(15)16/h3-5,7,9,11H,6H2,1-2H3/t11-/m0/s1. The van der Waals surface area contributed by atoms with Gasteiger partial charge in [-0.05, 0) is 18.4 Å². The highest BCUT2D eigenvalue weighted by Crippen LogP contribution is 2.21. The molecule has 0 N–H and O–H groups in total. The largest absolute Gasteiger partial charge is 0.298 e. The fraction of sp³-hybridized carbons (Fsp3) is 0.417. The van der Waals surface area contributed by atoms with Crippen molar-refractivity contribution >= 4 is 15.8 Å². The van der Waals surface area contributed by atoms with Crippen molar-refractivity contribution in [1.29, 1.82) is 5.26 Å². The number of nitro benzene ring substituents is 1. The fourth-order valence-corrected chi connectivity index (χ4v) is 2.55. The number of nitrogens with zero attached hydrogens (tertiary/aromatic N) is 2. The van der Waals surface area contributed by atoms with Crippen molar-refractivity contribution in [3.8, 4) is 6.07 Å². The maximum absolute atomic E-state index is 12.0. The lowest BCUT2D eigenvalue weighted by atomic mass is 10.1. The first-order valence-electron chi connectivity index (χ1n) is 5.83. The molecular weight excluding hydrogens is 284 g/mol. The average Bonchev–Trinajstić information content (AvgIpc) is 2.37. The Kier molecular flexibility index (Phi) is 5.19. The molecule has 0 aliphatic carbocycles. The third-order valence-electron chi connectivity index (χ3n) is 2.39. The van der Waals surface area contributed by atoms with Crippen molar-refractivity contribution in [1.82, 2.24) is 0 Å². The van der Waals surface area contributed by atoms with Crippen molar-refractivity contribution in [3.05, 3.63) is 34.4 Å². The van der Waals surface area contributed by atoms with Crippen LogP contribution in [0.5, 0.6) is 0 Å². The van der Waals surface area contributed by atoms with Gasteiger partial charge in [-0.1, -0.05) is 19.9 Å². The van der Waals surface area contributed by atoms with Gasteiger partial charge in [-0.3, -0.25) is 10.1 Å². The minimum Gasteiger partial charge on any atom is -0.258 e. The van der Waals surface area contributed by atoms with E-state index in [1.165, 1.54) is 18.2 Å². The lowest BCUT2D eigenvalue weighted by molar-refractivity contribution is -0.385. The molecule has 1 aromatic rings. The molecule has 0 fully saturated rings. The second kappa shape index (κ2) is 6.45. The first-order chi connectivity index (χ1) is 9.26. The van der Waals surface area contributed by atoms with Gasteiger partial charge in [0.05, 0.1) is 11.0 Å². The highest BCUT2D eigenvalue weighted by Gasteiger charge is 2.24. The average molecular weight is 298 g/mol. The second-order valence-corrected chi connectivity index (χ2v) is 6.12. The van der Waals surface area contributed by atoms with Gasteiger partial charge in [-0.25, -0.2) is 4.18 Å². The number of nitro groups is 1. The molecule has 0 bridgehead atoms. The zero-order valence-corrected chi connectivity index (χ0v) is 11.8. The molecule has 0 heterocycles. The zero-order valence-electron chi connectivity index (χ0n) is 11.0. The van der Waals surface area contributed by atoms with Crippen LogP contribution in [0.2, 0.25) is 0 Å². The first-order valence-corrected chi connectivity index (χ1v) is 7.24. The van der Waals surface area contributed by atoms with E-state index in [-0.39, 0.29) is 22.9 Å². The summed E-state index contributed by atoms with van der Waals surface area (Å²) in [6.45, 7) is 3.65. The van der Waals surface area contributed by atoms with Crippen molar-refractivity contribution < 1.29 is 17.5 Å². The maximum atomic E-state index is 12.0. The van der Waals surface area contributed by atoms with Gasteiger partial charge >= 0.3 is 0 Å². The lowest BCUT2D eigenvalue weighted by Gasteiger charge is -2.12. The molecule has 7 nitrogen and oxygen atoms in total. The van der Waals surface area contributed by atoms with Crippen LogP contribution >= 0.6 is 0 Å². The molecule has 0 saturated heterocycles. The third-order valence-corrected chi connectivity index (χ3v) is 3.71. The van der Waals surface area contributed by atoms with Crippen molar-refractivity contribution in [2.24, 2.45) is 5.92 Å². The minimum absolute atomic E-state index is 0.0833. The summed E-state index contributed by atoms with van der Waals surface area (Å²) in [5, 5.41) is 19.5. The molecule has 8 heteroatoms. The molecule has 1 aromatic carbocycles. The van der Waals surface area contributed by atoms with Gasteiger partial charge in [0.25, 0.3) is 15.8 Å². The van der Waals surface area contributed by atoms with Crippen LogP contribution in [0.4, 0.5) is 5.69 Å². The molecule has 0 aromatic heterocycles. The van der Waals surface area contributed by atoms with E-state index in [1.54, 1.807) is 6.07 Å². The van der Waals surface area contributed by atoms with E-state index in [2.05, 4.69) is 0 Å². The van der Waals surface area contributed by atoms with Gasteiger partial charge in [0, 0.05) is 12.1 Å². The van der Waals surface area contributed by atoms with E-state index in [1.807, 2.05) is 13.8 Å². The molecule has 0 aliphatic rings. The monoisotopic (exact) mass is 298 g/mol. The van der Waals surface area contributed by atoms with Gasteiger partial charge in [0.1, 0.15) is 4.90 Å². The molecule has 1 atom stereocenters. The third kappa shape index (κ3) is 4.29. The molecule has 0 unspecified atom stereocenters. The quantitative estimate of drug-likeness (QED) is 0.452. The van der Waals surface area contributed by atoms with Crippen molar-refractivity contribution in [2.45, 2.75) is 31.3 Å². The Morgan fingerprint density at radius 3 is 2.60 bits per heavy atom. The Bertz CT molecular complexity index is 633. The molecule has 108 valence electrons. The highest BCUT2D eigenvalue weighted by atomic mass is 32.2. The van der Waals surface area contributed by atoms with Crippen molar-refractivity contribution in [3.63, 3.8) is 0 Å². The molecule has 0 aliphatic heterocycles. The summed E-state index contributed by atoms with van der Waals surface area (Å²) in [4.78, 5) is 9.58. The van der Waals surface area contributed by atoms with E-state index in [0.29, 0.717) is 0 Å². The fourth-order valence-electron chi connectivity index (χ4n) is 1.50. The molecular formula is C12H14N2O5S. The van der Waals surface area contributed by atoms with Crippen LogP contribution in [0, 0.1) is 27.4 Å². The lowest BCUT2D eigenvalue weighted by Crippen LogP contribution is -2.19. The van der Waals surface area contributed by atoms with E-state index in [4.69, 9.17) is 9.44 Å². The summed E-state index contributed by atoms with van der Waals surface area (Å²) in [5.41, 5.74) is -0.355. The second-order valence-electron chi connectivity index (χ2n) is 4.55. The van der Waals surface area contributed by atoms with Gasteiger partial charge in [0.15, 0.2) is 6.10 Å². The maximum Gasteiger partial charge on any atom is 0.298 e. The molecule has 0 saturated carbocycles. The van der Waals surface area contributed by atoms with Gasteiger partial charge in [0.2, 0.25) is 0 Å². The molecule has 0 amide bonds. The Hall–Kier alpha value is -1.98. The van der Waals surface area contributed by atoms with E-state index >= 15 is 0 Å². The number of benzene rings is 1. The van der Waals surface area contributed by atoms with Gasteiger partial charge < -0.3 is 0 Å². The Labute approximate surface area is 117 Å². The molecule has 20 heavy (non-hydrogen) atoms. The van der Waals surface area contributed by atoms with Crippen LogP contribution in [0.25, 0.3) is 0 Å². The summed E-state index contributed by atoms with van der Waals surface area (Å²) in [5.74, 6) is 0.0833. The van der Waals surface area contributed by atoms with Gasteiger partial charge in [-0.2, -0.15) is 13.7 Å². The number of non-ortho nitro benzene ring substituents is 1. The van der Waals surface area contributed by atoms with E-state index in [0.717, 1.165) is 6.07 Å². The SMILES string of the molecule is CC(C)C[C@@H](C#N)OS(=O)(=O)c1cccc([N+](=O)[O-])c1. The zero-order chi connectivity index (χ0) is 15.3. The Morgan fingerprint density at radius 2 is 2.10 bits per heavy atom. The molecule has 0 radical (unpaired) electrons. The van der Waals surface area contributed by atoms with E-state index in [9.17, 15) is 18.5 Å². The Morgan fingerprint density at radius 1 is 1.45 bits per heavy atom. The van der Waals surface area contributed by atoms with Crippen LogP contribution in [-0.2, 0) is 14.3 Å². The topological polar surface area (TPSA) is 110 Å². The van der Waals surface area contributed by atoms with Gasteiger partial charge in [-0.15, -0.1) is 0 Å². The van der Waals surface area contributed by atoms with Crippen LogP contribution in [0.15, 0.2) is 29.2 Å². The Balaban J connectivity index is 3.02. The summed E-state index contributed by atoms with van der Waals surface area (Å²) in [6.07, 6.45) is -0.857. The predicted molar refractivity (Wildman–Crippen MR) is 70.2 cm³/mol. The smallest absolute Gasteiger partial charge is 0.258 e. The highest BCUT2D eigenvalue weighted by molar-refractivity contribution is 7.86. The number of hydrogen-bond acceptors (Lipinski definition) is 6. The minimum atomic E-state index is -4.20. The summed E-state index contributed by atoms with van der Waals surface area (Å²) in [7, 11) is -4.20. The van der Waals surface area contributed by atoms with Crippen LogP contribution < -0.4 is 0 Å². The van der Waals surface area contributed by atoms with Crippen LogP contribution in [-0.4, -0.2) is 19.4 Å². The molecule has 0 spiro atoms. The van der Waals surface area contributed by atoms with Crippen molar-refractivity contribution in [2.75, 3.05) is 0 Å². The number of hydrogen-bond donors (Lipinski definition) is 0. The summed E-state index contributed by atoms with van der Waals surface area (Å²) < 4.78 is 28.7. The van der Waals surface area contributed by atoms with Crippen LogP contribution in [0.1, 0.15) is 20.3 Å². The van der Waals surface area contributed by atoms with E-state index < -0.39 is 21.1 Å².